The van der Waals surface area contributed by atoms with Gasteiger partial charge in [0.2, 0.25) is 11.8 Å². The summed E-state index contributed by atoms with van der Waals surface area (Å²) in [6.07, 6.45) is 35.6. The zero-order valence-electron chi connectivity index (χ0n) is 76.9. The smallest absolute Gasteiger partial charge is 0.229 e. The highest BCUT2D eigenvalue weighted by molar-refractivity contribution is 6.04. The van der Waals surface area contributed by atoms with Crippen LogP contribution in [0.15, 0.2) is 294 Å². The summed E-state index contributed by atoms with van der Waals surface area (Å²) in [6, 6.07) is 55.8. The molecule has 0 aliphatic rings. The molecular formula is C110H104N32O2. The molecule has 11 N–H and O–H groups in total. The van der Waals surface area contributed by atoms with Gasteiger partial charge in [-0.05, 0) is 156 Å². The van der Waals surface area contributed by atoms with Crippen molar-refractivity contribution < 1.29 is 9.59 Å². The Morgan fingerprint density at radius 1 is 0.340 bits per heavy atom. The van der Waals surface area contributed by atoms with Gasteiger partial charge in [0.25, 0.3) is 0 Å². The first-order valence-electron chi connectivity index (χ1n) is 45.2. The Morgan fingerprint density at radius 3 is 0.965 bits per heavy atom. The number of carbonyl (C=O) groups is 2. The van der Waals surface area contributed by atoms with Gasteiger partial charge in [-0.2, -0.15) is 20.4 Å². The molecule has 20 aromatic heterocycles. The van der Waals surface area contributed by atoms with E-state index in [1.54, 1.807) is 99.1 Å². The number of benzene rings is 4. The number of aromatic nitrogens is 28. The van der Waals surface area contributed by atoms with E-state index < -0.39 is 5.41 Å². The van der Waals surface area contributed by atoms with Crippen molar-refractivity contribution in [3.8, 4) is 136 Å². The minimum atomic E-state index is -0.501. The third kappa shape index (κ3) is 20.0. The van der Waals surface area contributed by atoms with E-state index in [-0.39, 0.29) is 47.4 Å². The third-order valence-electron chi connectivity index (χ3n) is 23.6. The molecule has 34 heteroatoms. The summed E-state index contributed by atoms with van der Waals surface area (Å²) in [5.74, 6) is 2.40. The zero-order chi connectivity index (χ0) is 95.5. The highest BCUT2D eigenvalue weighted by Gasteiger charge is 2.26. The number of amides is 2. The van der Waals surface area contributed by atoms with Crippen molar-refractivity contribution in [1.29, 1.82) is 0 Å². The maximum Gasteiger partial charge on any atom is 0.229 e. The molecule has 0 unspecified atom stereocenters. The summed E-state index contributed by atoms with van der Waals surface area (Å²) in [5, 5.41) is 43.7. The van der Waals surface area contributed by atoms with Crippen LogP contribution in [0.1, 0.15) is 76.8 Å². The first-order valence-corrected chi connectivity index (χ1v) is 45.2. The van der Waals surface area contributed by atoms with Gasteiger partial charge in [0.15, 0.2) is 23.3 Å². The number of fused-ring (bicyclic) bond motifs is 8. The largest absolute Gasteiger partial charge is 0.376 e. The Bertz CT molecular complexity index is 8690. The van der Waals surface area contributed by atoms with Gasteiger partial charge < -0.3 is 40.8 Å². The maximum atomic E-state index is 12.4. The van der Waals surface area contributed by atoms with Gasteiger partial charge >= 0.3 is 0 Å². The van der Waals surface area contributed by atoms with Crippen molar-refractivity contribution in [3.63, 3.8) is 0 Å². The topological polar surface area (TPSA) is 458 Å². The summed E-state index contributed by atoms with van der Waals surface area (Å²) < 4.78 is 0. The number of nitrogens with zero attached hydrogens (tertiary/aromatic N) is 21. The molecule has 34 nitrogen and oxygen atoms in total. The maximum absolute atomic E-state index is 12.4. The van der Waals surface area contributed by atoms with Gasteiger partial charge in [-0.15, -0.1) is 0 Å². The summed E-state index contributed by atoms with van der Waals surface area (Å²) in [5.41, 5.74) is 30.7. The van der Waals surface area contributed by atoms with Crippen LogP contribution in [0.5, 0.6) is 0 Å². The lowest BCUT2D eigenvalue weighted by Crippen LogP contribution is -2.27. The zero-order valence-corrected chi connectivity index (χ0v) is 76.9. The minimum absolute atomic E-state index is 0. The summed E-state index contributed by atoms with van der Waals surface area (Å²) >= 11 is 0. The lowest BCUT2D eigenvalue weighted by molar-refractivity contribution is -0.123. The molecule has 4 aromatic carbocycles. The van der Waals surface area contributed by atoms with Gasteiger partial charge in [0, 0.05) is 179 Å². The molecule has 716 valence electrons. The number of hydrogen-bond donors (Lipinski definition) is 11. The summed E-state index contributed by atoms with van der Waals surface area (Å²) in [7, 11) is 4.02. The van der Waals surface area contributed by atoms with Crippen LogP contribution in [-0.2, 0) is 16.1 Å². The van der Waals surface area contributed by atoms with Crippen LogP contribution in [-0.4, -0.2) is 173 Å². The average molecular weight is 1910 g/mol. The van der Waals surface area contributed by atoms with E-state index in [0.29, 0.717) is 46.1 Å². The highest BCUT2D eigenvalue weighted by atomic mass is 16.2. The van der Waals surface area contributed by atoms with Crippen molar-refractivity contribution in [3.05, 3.63) is 299 Å². The van der Waals surface area contributed by atoms with Crippen LogP contribution in [0.3, 0.4) is 0 Å². The summed E-state index contributed by atoms with van der Waals surface area (Å²) in [4.78, 5) is 112. The predicted octanol–water partition coefficient (Wildman–Crippen LogP) is 22.8. The Balaban J connectivity index is 0.000000131. The molecule has 0 bridgehead atoms. The number of imidazole rings is 4. The van der Waals surface area contributed by atoms with Gasteiger partial charge in [-0.3, -0.25) is 89.8 Å². The first kappa shape index (κ1) is 96.8. The van der Waals surface area contributed by atoms with E-state index in [2.05, 4.69) is 180 Å². The molecule has 2 amide bonds. The molecule has 24 aromatic rings. The number of rotatable bonds is 19. The standard InChI is InChI=1S/C28H24N8O.C27H22N8O.C26H22N8.C25H20N8.4CH4/c1-28(2,3)27(37)32-18-10-17(12-29-13-18)16-7-8-22-19(11-16)25(36-35-22)26-33-23-15-30-14-20(24(23)34-26)21-6-4-5-9-31-21;1-15(2)27(36)31-18-9-17(11-28-12-18)16-6-7-22-19(10-16)25(35-34-22)26-32-23-14-29-13-20(24(23)33-26)21-5-3-4-8-30-21;1-2-27-11-16-9-18(13-28-12-16)17-6-7-22-19(10-17)25(34-33-22)26-31-23-15-29-14-20(24(23)32-26)21-5-3-4-8-30-21;1-33(2)17-9-16(11-26-12-17)15-6-7-21-18(10-15)24(32-31-21)25-29-22-14-27-13-19(23(22)30-25)20-5-3-4-8-28-20;;;;/h4-15H,1-3H3,(H,32,37)(H,33,34)(H,35,36);3-15H,1-2H3,(H,31,36)(H,32,33)(H,34,35);3-10,12-15,27H,2,11H2,1H3,(H,31,32)(H,33,34);3-14H,1-2H3,(H,29,30)(H,31,32);4*1H4. The van der Waals surface area contributed by atoms with Gasteiger partial charge in [0.05, 0.1) is 127 Å². The molecule has 0 aliphatic carbocycles. The van der Waals surface area contributed by atoms with Crippen molar-refractivity contribution in [2.45, 2.75) is 77.8 Å². The van der Waals surface area contributed by atoms with Crippen molar-refractivity contribution in [1.82, 2.24) is 146 Å². The molecule has 0 aliphatic heterocycles. The van der Waals surface area contributed by atoms with Crippen LogP contribution in [0.2, 0.25) is 0 Å². The van der Waals surface area contributed by atoms with E-state index in [1.165, 1.54) is 0 Å². The minimum Gasteiger partial charge on any atom is -0.376 e. The van der Waals surface area contributed by atoms with Crippen LogP contribution < -0.4 is 20.9 Å². The lowest BCUT2D eigenvalue weighted by atomic mass is 9.95. The van der Waals surface area contributed by atoms with Crippen LogP contribution in [0.4, 0.5) is 17.1 Å². The number of H-pyrrole nitrogens is 8. The molecule has 0 radical (unpaired) electrons. The fourth-order valence-electron chi connectivity index (χ4n) is 16.3. The lowest BCUT2D eigenvalue weighted by Gasteiger charge is -2.17. The van der Waals surface area contributed by atoms with Crippen LogP contribution in [0.25, 0.3) is 223 Å². The molecule has 0 saturated heterocycles. The Morgan fingerprint density at radius 2 is 0.653 bits per heavy atom. The highest BCUT2D eigenvalue weighted by Crippen LogP contribution is 2.40. The first-order chi connectivity index (χ1) is 68.4. The monoisotopic (exact) mass is 1900 g/mol. The molecule has 144 heavy (non-hydrogen) atoms. The van der Waals surface area contributed by atoms with Crippen molar-refractivity contribution in [2.75, 3.05) is 36.2 Å². The molecule has 20 heterocycles. The second-order valence-corrected chi connectivity index (χ2v) is 34.8. The van der Waals surface area contributed by atoms with Gasteiger partial charge in [-0.25, -0.2) is 19.9 Å². The Labute approximate surface area is 827 Å². The normalized spacial score (nSPS) is 11.2. The van der Waals surface area contributed by atoms with Gasteiger partial charge in [-0.1, -0.05) is 120 Å². The second kappa shape index (κ2) is 41.8. The molecule has 0 spiro atoms. The van der Waals surface area contributed by atoms with Crippen molar-refractivity contribution in [2.24, 2.45) is 11.3 Å². The second-order valence-electron chi connectivity index (χ2n) is 34.8. The van der Waals surface area contributed by atoms with Crippen LogP contribution >= 0.6 is 0 Å². The summed E-state index contributed by atoms with van der Waals surface area (Å²) in [6.45, 7) is 13.2. The molecular weight excluding hydrogens is 1800 g/mol. The molecule has 0 fully saturated rings. The van der Waals surface area contributed by atoms with E-state index in [9.17, 15) is 9.59 Å². The van der Waals surface area contributed by atoms with Crippen molar-refractivity contribution >= 4 is 117 Å². The van der Waals surface area contributed by atoms with Crippen LogP contribution in [0, 0.1) is 11.3 Å². The van der Waals surface area contributed by atoms with E-state index >= 15 is 0 Å². The Kier molecular flexibility index (Phi) is 28.1. The number of pyridine rings is 12. The van der Waals surface area contributed by atoms with E-state index in [1.807, 2.05) is 212 Å². The fourth-order valence-corrected chi connectivity index (χ4v) is 16.3. The molecule has 0 saturated carbocycles. The third-order valence-corrected chi connectivity index (χ3v) is 23.6. The SMILES string of the molecule is C.C.C.C.CC(C)(C)C(=O)Nc1cncc(-c2ccc3[nH]nc(-c4nc5c(-c6ccccn6)cncc5[nH]4)c3c2)c1.CC(C)C(=O)Nc1cncc(-c2ccc3[nH]nc(-c4nc5c(-c6ccccn6)cncc5[nH]4)c3c2)c1.CCNCc1cncc(-c2ccc3[nH]nc(-c4nc5c(-c6ccccn6)cncc5[nH]4)c3c2)c1.CN(C)c1cncc(-c2ccc3[nH]nc(-c4nc5c(-c6ccccn6)cncc5[nH]4)c3c2)c1. The number of carbonyl (C=O) groups excluding carboxylic acids is 2. The van der Waals surface area contributed by atoms with Gasteiger partial charge in [0.1, 0.15) is 44.8 Å². The fraction of sp³-hybridized carbons (Fsp3) is 0.145. The van der Waals surface area contributed by atoms with E-state index in [0.717, 1.165) is 213 Å². The number of nitrogens with one attached hydrogen (secondary N) is 11. The quantitative estimate of drug-likeness (QED) is 0.0358. The molecule has 0 atom stereocenters. The predicted molar refractivity (Wildman–Crippen MR) is 572 cm³/mol. The Hall–Kier alpha value is -18.9. The average Bonchev–Trinajstić information content (AvgIpc) is 1.63. The number of hydrogen-bond acceptors (Lipinski definition) is 24. The molecule has 24 rings (SSSR count). The van der Waals surface area contributed by atoms with E-state index in [4.69, 9.17) is 19.9 Å². The number of aromatic amines is 8. The number of anilines is 3.